The summed E-state index contributed by atoms with van der Waals surface area (Å²) >= 11 is 0. The van der Waals surface area contributed by atoms with Crippen LogP contribution in [0.5, 0.6) is 17.2 Å². The number of methoxy groups -OCH3 is 2. The molecule has 10 heteroatoms. The third kappa shape index (κ3) is 10.3. The van der Waals surface area contributed by atoms with E-state index in [1.165, 1.54) is 0 Å². The van der Waals surface area contributed by atoms with Crippen LogP contribution in [0.4, 0.5) is 0 Å². The van der Waals surface area contributed by atoms with Crippen molar-refractivity contribution in [1.82, 2.24) is 10.6 Å². The molecule has 0 bridgehead atoms. The summed E-state index contributed by atoms with van der Waals surface area (Å²) in [7, 11) is 3.12. The number of hydrogen-bond donors (Lipinski definition) is 2. The van der Waals surface area contributed by atoms with E-state index in [2.05, 4.69) is 39.9 Å². The van der Waals surface area contributed by atoms with E-state index in [0.29, 0.717) is 34.8 Å². The summed E-state index contributed by atoms with van der Waals surface area (Å²) in [5, 5.41) is 19.7. The smallest absolute Gasteiger partial charge is 0.258 e. The highest BCUT2D eigenvalue weighted by Gasteiger charge is 2.28. The molecule has 3 atom stereocenters. The average Bonchev–Trinajstić information content (AvgIpc) is 3.63. The summed E-state index contributed by atoms with van der Waals surface area (Å²) in [6, 6.07) is 44.6. The average molecular weight is 831 g/mol. The normalized spacial score (nSPS) is 13.5. The zero-order chi connectivity index (χ0) is 43.4. The van der Waals surface area contributed by atoms with Crippen molar-refractivity contribution < 1.29 is 33.6 Å². The standard InChI is InChI=1S/C52H53N3O7/c1-5-6-20-46(51(57)54-49(35-14-8-7-9-15-35)36-23-21-34(2)22-24-36)53-48(56)33-61-38-27-25-37(26-28-38)50(44-30-29-39(59-3)31-47(44)60-4)55-52(58)62-32-45-42-18-12-10-16-40(42)41-17-11-13-19-43(41)45/h7-19,21-31,45-46,49-50H,5-6,20,32-33H2,1-4H3,(H,53,56)(H,54,57)(H,55,58)/p-1. The second-order valence-corrected chi connectivity index (χ2v) is 15.3. The predicted octanol–water partition coefficient (Wildman–Crippen LogP) is 8.61. The Kier molecular flexibility index (Phi) is 14.2. The lowest BCUT2D eigenvalue weighted by Crippen LogP contribution is -2.49. The molecule has 62 heavy (non-hydrogen) atoms. The maximum Gasteiger partial charge on any atom is 0.258 e. The molecule has 10 nitrogen and oxygen atoms in total. The molecule has 0 radical (unpaired) electrons. The number of hydrogen-bond acceptors (Lipinski definition) is 8. The lowest BCUT2D eigenvalue weighted by atomic mass is 9.97. The number of aryl methyl sites for hydroxylation is 1. The van der Waals surface area contributed by atoms with E-state index < -0.39 is 30.1 Å². The highest BCUT2D eigenvalue weighted by Crippen LogP contribution is 2.44. The second kappa shape index (κ2) is 20.5. The predicted molar refractivity (Wildman–Crippen MR) is 239 cm³/mol. The van der Waals surface area contributed by atoms with Crippen molar-refractivity contribution in [3.8, 4) is 28.4 Å². The van der Waals surface area contributed by atoms with Gasteiger partial charge in [0.25, 0.3) is 5.91 Å². The van der Waals surface area contributed by atoms with Crippen molar-refractivity contribution in [1.29, 1.82) is 0 Å². The fourth-order valence-electron chi connectivity index (χ4n) is 7.92. The van der Waals surface area contributed by atoms with Gasteiger partial charge < -0.3 is 34.7 Å². The van der Waals surface area contributed by atoms with Gasteiger partial charge in [-0.15, -0.1) is 0 Å². The number of nitrogens with zero attached hydrogens (tertiary/aromatic N) is 1. The number of amides is 2. The number of carbonyl (C=O) groups is 2. The molecule has 0 saturated heterocycles. The Morgan fingerprint density at radius 2 is 1.32 bits per heavy atom. The van der Waals surface area contributed by atoms with Gasteiger partial charge in [-0.05, 0) is 76.6 Å². The Morgan fingerprint density at radius 1 is 0.710 bits per heavy atom. The molecule has 3 unspecified atom stereocenters. The molecule has 318 valence electrons. The Labute approximate surface area is 363 Å². The largest absolute Gasteiger partial charge is 0.599 e. The number of nitrogens with one attached hydrogen (secondary N) is 2. The molecule has 0 spiro atoms. The van der Waals surface area contributed by atoms with Crippen molar-refractivity contribution in [2.45, 2.75) is 57.2 Å². The monoisotopic (exact) mass is 830 g/mol. The molecule has 2 amide bonds. The van der Waals surface area contributed by atoms with Crippen molar-refractivity contribution in [2.75, 3.05) is 27.4 Å². The number of carbonyl (C=O) groups excluding carboxylic acids is 2. The molecule has 0 aliphatic heterocycles. The first kappa shape index (κ1) is 43.0. The van der Waals surface area contributed by atoms with Gasteiger partial charge in [-0.2, -0.15) is 0 Å². The van der Waals surface area contributed by atoms with Crippen molar-refractivity contribution in [3.05, 3.63) is 185 Å². The van der Waals surface area contributed by atoms with Crippen LogP contribution in [0, 0.1) is 6.92 Å². The molecule has 1 aliphatic rings. The zero-order valence-electron chi connectivity index (χ0n) is 35.5. The summed E-state index contributed by atoms with van der Waals surface area (Å²) in [6.07, 6.45) is 1.37. The van der Waals surface area contributed by atoms with Gasteiger partial charge in [-0.1, -0.05) is 141 Å². The number of ether oxygens (including phenoxy) is 4. The Hall–Kier alpha value is -7.07. The lowest BCUT2D eigenvalue weighted by Gasteiger charge is -2.24. The van der Waals surface area contributed by atoms with Crippen LogP contribution in [0.15, 0.2) is 151 Å². The highest BCUT2D eigenvalue weighted by atomic mass is 16.6. The summed E-state index contributed by atoms with van der Waals surface area (Å²) in [5.74, 6) is 0.670. The number of fused-ring (bicyclic) bond motifs is 3. The van der Waals surface area contributed by atoms with E-state index in [1.54, 1.807) is 50.6 Å². The molecule has 6 aromatic rings. The van der Waals surface area contributed by atoms with Crippen LogP contribution in [-0.4, -0.2) is 51.4 Å². The second-order valence-electron chi connectivity index (χ2n) is 15.3. The van der Waals surface area contributed by atoms with Crippen molar-refractivity contribution >= 4 is 17.9 Å². The Bertz CT molecular complexity index is 2420. The van der Waals surface area contributed by atoms with Gasteiger partial charge in [0.05, 0.1) is 20.3 Å². The summed E-state index contributed by atoms with van der Waals surface area (Å²) in [5.41, 5.74) is 8.78. The summed E-state index contributed by atoms with van der Waals surface area (Å²) < 4.78 is 23.0. The molecule has 2 N–H and O–H groups in total. The minimum absolute atomic E-state index is 0.120. The molecule has 1 aliphatic carbocycles. The van der Waals surface area contributed by atoms with Crippen molar-refractivity contribution in [2.24, 2.45) is 4.99 Å². The molecule has 0 saturated carbocycles. The number of rotatable bonds is 18. The van der Waals surface area contributed by atoms with E-state index >= 15 is 0 Å². The first-order chi connectivity index (χ1) is 30.3. The van der Waals surface area contributed by atoms with Gasteiger partial charge in [-0.25, -0.2) is 0 Å². The van der Waals surface area contributed by atoms with Crippen LogP contribution in [0.1, 0.15) is 83.1 Å². The van der Waals surface area contributed by atoms with E-state index in [9.17, 15) is 14.7 Å². The molecular formula is C52H52N3O7-. The van der Waals surface area contributed by atoms with Crippen LogP contribution in [0.25, 0.3) is 11.1 Å². The van der Waals surface area contributed by atoms with Crippen LogP contribution in [0.3, 0.4) is 0 Å². The first-order valence-electron chi connectivity index (χ1n) is 21.0. The number of benzene rings is 6. The fraction of sp³-hybridized carbons (Fsp3) is 0.250. The fourth-order valence-corrected chi connectivity index (χ4v) is 7.92. The summed E-state index contributed by atoms with van der Waals surface area (Å²) in [4.78, 5) is 31.8. The maximum absolute atomic E-state index is 13.8. The van der Waals surface area contributed by atoms with E-state index in [0.717, 1.165) is 51.8 Å². The van der Waals surface area contributed by atoms with Crippen molar-refractivity contribution in [3.63, 3.8) is 0 Å². The molecule has 7 rings (SSSR count). The van der Waals surface area contributed by atoms with E-state index in [4.69, 9.17) is 18.9 Å². The van der Waals surface area contributed by atoms with Gasteiger partial charge >= 0.3 is 0 Å². The van der Waals surface area contributed by atoms with Crippen LogP contribution < -0.4 is 30.0 Å². The van der Waals surface area contributed by atoms with Gasteiger partial charge in [0.15, 0.2) is 6.61 Å². The van der Waals surface area contributed by atoms with Crippen LogP contribution >= 0.6 is 0 Å². The maximum atomic E-state index is 13.8. The van der Waals surface area contributed by atoms with E-state index in [1.807, 2.05) is 98.8 Å². The minimum atomic E-state index is -0.804. The summed E-state index contributed by atoms with van der Waals surface area (Å²) in [6.45, 7) is 3.88. The number of aliphatic imine (C=N–C) groups is 1. The third-order valence-corrected chi connectivity index (χ3v) is 11.2. The van der Waals surface area contributed by atoms with Crippen LogP contribution in [-0.2, 0) is 14.3 Å². The van der Waals surface area contributed by atoms with Gasteiger partial charge in [0.1, 0.15) is 35.4 Å². The highest BCUT2D eigenvalue weighted by molar-refractivity contribution is 5.88. The third-order valence-electron chi connectivity index (χ3n) is 11.2. The van der Waals surface area contributed by atoms with Crippen LogP contribution in [0.2, 0.25) is 0 Å². The molecule has 6 aromatic carbocycles. The SMILES string of the molecule is CCCCC(NC(=O)COc1ccc(C(N=C([O-])OCC2c3ccccc3-c3ccccc32)c2ccc(OC)cc2OC)cc1)C(=O)NC(c1ccccc1)c1ccc(C)cc1. The zero-order valence-corrected chi connectivity index (χ0v) is 35.5. The molecule has 0 fully saturated rings. The molecule has 0 heterocycles. The van der Waals surface area contributed by atoms with Gasteiger partial charge in [0, 0.05) is 24.2 Å². The quantitative estimate of drug-likeness (QED) is 0.0656. The first-order valence-corrected chi connectivity index (χ1v) is 21.0. The molecule has 0 aromatic heterocycles. The number of unbranched alkanes of at least 4 members (excludes halogenated alkanes) is 1. The van der Waals surface area contributed by atoms with Gasteiger partial charge in [-0.3, -0.25) is 14.6 Å². The lowest BCUT2D eigenvalue weighted by molar-refractivity contribution is -0.251. The van der Waals surface area contributed by atoms with E-state index in [-0.39, 0.29) is 25.0 Å². The Morgan fingerprint density at radius 3 is 1.97 bits per heavy atom. The minimum Gasteiger partial charge on any atom is -0.599 e. The molecular weight excluding hydrogens is 779 g/mol. The topological polar surface area (TPSA) is 131 Å². The Balaban J connectivity index is 1.04. The van der Waals surface area contributed by atoms with Gasteiger partial charge in [0.2, 0.25) is 5.91 Å².